The molecule has 1 N–H and O–H groups in total. The molecule has 1 aromatic heterocycles. The van der Waals surface area contributed by atoms with Gasteiger partial charge in [-0.2, -0.15) is 0 Å². The summed E-state index contributed by atoms with van der Waals surface area (Å²) < 4.78 is 2.67. The maximum atomic E-state index is 5.98. The number of hydrogen-bond donors (Lipinski definition) is 1. The largest absolute Gasteiger partial charge is 0.297 e. The van der Waals surface area contributed by atoms with Crippen LogP contribution in [0.15, 0.2) is 30.3 Å². The molecule has 0 amide bonds. The highest BCUT2D eigenvalue weighted by Gasteiger charge is 2.04. The Morgan fingerprint density at radius 3 is 2.76 bits per heavy atom. The fourth-order valence-corrected chi connectivity index (χ4v) is 2.27. The van der Waals surface area contributed by atoms with E-state index in [-0.39, 0.29) is 0 Å². The zero-order valence-corrected chi connectivity index (χ0v) is 11.5. The summed E-state index contributed by atoms with van der Waals surface area (Å²) in [6.07, 6.45) is 0.997. The molecule has 0 saturated carbocycles. The average molecular weight is 267 g/mol. The topological polar surface area (TPSA) is 20.7 Å². The number of nitrogens with one attached hydrogen (secondary N) is 1. The molecule has 1 aromatic carbocycles. The van der Waals surface area contributed by atoms with Gasteiger partial charge in [0.25, 0.3) is 0 Å². The number of nitrogens with zero attached hydrogens (tertiary/aromatic N) is 1. The van der Waals surface area contributed by atoms with E-state index < -0.39 is 0 Å². The predicted octanol–water partition coefficient (Wildman–Crippen LogP) is 4.39. The Morgan fingerprint density at radius 1 is 1.35 bits per heavy atom. The lowest BCUT2D eigenvalue weighted by molar-refractivity contribution is 0.628. The van der Waals surface area contributed by atoms with Gasteiger partial charge in [-0.15, -0.1) is 0 Å². The summed E-state index contributed by atoms with van der Waals surface area (Å²) in [4.78, 5) is 0. The molecule has 0 unspecified atom stereocenters. The van der Waals surface area contributed by atoms with Crippen molar-refractivity contribution in [2.24, 2.45) is 5.92 Å². The summed E-state index contributed by atoms with van der Waals surface area (Å²) in [6.45, 7) is 4.38. The standard InChI is InChI=1S/C13H15ClN2S/c1-9(2)6-11-8-13(17)16(15-11)12-5-3-4-10(14)7-12/h3-5,7-9,15H,6H2,1-2H3. The molecule has 0 atom stereocenters. The van der Waals surface area contributed by atoms with Crippen LogP contribution in [-0.2, 0) is 6.42 Å². The SMILES string of the molecule is CC(C)Cc1cc(=S)n(-c2cccc(Cl)c2)[nH]1. The van der Waals surface area contributed by atoms with Gasteiger partial charge in [-0.05, 0) is 36.6 Å². The molecule has 90 valence electrons. The first-order valence-electron chi connectivity index (χ1n) is 5.63. The second-order valence-electron chi connectivity index (χ2n) is 4.53. The lowest BCUT2D eigenvalue weighted by Crippen LogP contribution is -1.99. The maximum absolute atomic E-state index is 5.98. The van der Waals surface area contributed by atoms with E-state index in [0.29, 0.717) is 10.9 Å². The van der Waals surface area contributed by atoms with E-state index in [2.05, 4.69) is 18.9 Å². The van der Waals surface area contributed by atoms with Crippen LogP contribution in [0.3, 0.4) is 0 Å². The second-order valence-corrected chi connectivity index (χ2v) is 5.39. The summed E-state index contributed by atoms with van der Waals surface area (Å²) in [5.41, 5.74) is 2.13. The van der Waals surface area contributed by atoms with Crippen LogP contribution in [0, 0.1) is 10.6 Å². The normalized spacial score (nSPS) is 11.1. The van der Waals surface area contributed by atoms with Gasteiger partial charge < -0.3 is 0 Å². The summed E-state index contributed by atoms with van der Waals surface area (Å²) in [7, 11) is 0. The Hall–Kier alpha value is -1.06. The van der Waals surface area contributed by atoms with Crippen molar-refractivity contribution < 1.29 is 0 Å². The van der Waals surface area contributed by atoms with Gasteiger partial charge >= 0.3 is 0 Å². The van der Waals surface area contributed by atoms with E-state index in [1.54, 1.807) is 0 Å². The predicted molar refractivity (Wildman–Crippen MR) is 74.5 cm³/mol. The van der Waals surface area contributed by atoms with Gasteiger partial charge in [0.2, 0.25) is 0 Å². The van der Waals surface area contributed by atoms with Gasteiger partial charge in [-0.25, -0.2) is 4.68 Å². The first-order valence-corrected chi connectivity index (χ1v) is 6.42. The van der Waals surface area contributed by atoms with Crippen molar-refractivity contribution in [2.75, 3.05) is 0 Å². The van der Waals surface area contributed by atoms with Crippen LogP contribution < -0.4 is 0 Å². The molecule has 0 aliphatic carbocycles. The molecule has 2 rings (SSSR count). The van der Waals surface area contributed by atoms with Crippen molar-refractivity contribution in [3.63, 3.8) is 0 Å². The number of aromatic amines is 1. The van der Waals surface area contributed by atoms with Crippen molar-refractivity contribution in [1.82, 2.24) is 9.78 Å². The van der Waals surface area contributed by atoms with Crippen LogP contribution in [0.5, 0.6) is 0 Å². The Kier molecular flexibility index (Phi) is 3.69. The summed E-state index contributed by atoms with van der Waals surface area (Å²) >= 11 is 11.3. The molecule has 17 heavy (non-hydrogen) atoms. The third kappa shape index (κ3) is 2.99. The number of rotatable bonds is 3. The Morgan fingerprint density at radius 2 is 2.12 bits per heavy atom. The quantitative estimate of drug-likeness (QED) is 0.818. The zero-order chi connectivity index (χ0) is 12.4. The van der Waals surface area contributed by atoms with Gasteiger partial charge in [-0.3, -0.25) is 5.10 Å². The zero-order valence-electron chi connectivity index (χ0n) is 9.90. The molecule has 2 aromatic rings. The van der Waals surface area contributed by atoms with Crippen molar-refractivity contribution >= 4 is 23.8 Å². The van der Waals surface area contributed by atoms with E-state index in [1.165, 1.54) is 0 Å². The Balaban J connectivity index is 2.39. The van der Waals surface area contributed by atoms with E-state index in [0.717, 1.165) is 22.4 Å². The van der Waals surface area contributed by atoms with Gasteiger partial charge in [0.15, 0.2) is 0 Å². The number of benzene rings is 1. The monoisotopic (exact) mass is 266 g/mol. The first kappa shape index (κ1) is 12.4. The van der Waals surface area contributed by atoms with Crippen LogP contribution in [0.2, 0.25) is 5.02 Å². The van der Waals surface area contributed by atoms with Crippen molar-refractivity contribution in [3.05, 3.63) is 45.7 Å². The molecular weight excluding hydrogens is 252 g/mol. The third-order valence-electron chi connectivity index (χ3n) is 2.47. The number of aromatic nitrogens is 2. The Bertz CT molecular complexity index is 569. The molecule has 0 bridgehead atoms. The molecule has 2 nitrogen and oxygen atoms in total. The molecule has 0 saturated heterocycles. The van der Waals surface area contributed by atoms with Crippen molar-refractivity contribution in [2.45, 2.75) is 20.3 Å². The summed E-state index contributed by atoms with van der Waals surface area (Å²) in [6, 6.07) is 9.66. The van der Waals surface area contributed by atoms with Crippen molar-refractivity contribution in [1.29, 1.82) is 0 Å². The van der Waals surface area contributed by atoms with Gasteiger partial charge in [-0.1, -0.05) is 43.7 Å². The molecule has 0 fully saturated rings. The maximum Gasteiger partial charge on any atom is 0.127 e. The third-order valence-corrected chi connectivity index (χ3v) is 3.00. The van der Waals surface area contributed by atoms with Crippen LogP contribution in [0.4, 0.5) is 0 Å². The number of hydrogen-bond acceptors (Lipinski definition) is 1. The molecule has 0 aliphatic rings. The van der Waals surface area contributed by atoms with Crippen LogP contribution in [0.25, 0.3) is 5.69 Å². The Labute approximate surface area is 111 Å². The summed E-state index contributed by atoms with van der Waals surface area (Å²) in [5.74, 6) is 0.607. The molecule has 1 heterocycles. The molecule has 0 aliphatic heterocycles. The smallest absolute Gasteiger partial charge is 0.127 e. The van der Waals surface area contributed by atoms with E-state index >= 15 is 0 Å². The van der Waals surface area contributed by atoms with Crippen LogP contribution >= 0.6 is 23.8 Å². The minimum absolute atomic E-state index is 0.607. The minimum Gasteiger partial charge on any atom is -0.297 e. The molecule has 0 spiro atoms. The minimum atomic E-state index is 0.607. The highest BCUT2D eigenvalue weighted by molar-refractivity contribution is 7.71. The van der Waals surface area contributed by atoms with E-state index in [9.17, 15) is 0 Å². The second kappa shape index (κ2) is 5.07. The first-order chi connectivity index (χ1) is 8.06. The van der Waals surface area contributed by atoms with E-state index in [1.807, 2.05) is 35.0 Å². The van der Waals surface area contributed by atoms with Crippen LogP contribution in [0.1, 0.15) is 19.5 Å². The van der Waals surface area contributed by atoms with Gasteiger partial charge in [0.05, 0.1) is 5.69 Å². The van der Waals surface area contributed by atoms with Gasteiger partial charge in [0, 0.05) is 10.7 Å². The summed E-state index contributed by atoms with van der Waals surface area (Å²) in [5, 5.41) is 4.02. The fourth-order valence-electron chi connectivity index (χ4n) is 1.80. The lowest BCUT2D eigenvalue weighted by atomic mass is 10.1. The fraction of sp³-hybridized carbons (Fsp3) is 0.308. The highest BCUT2D eigenvalue weighted by atomic mass is 35.5. The average Bonchev–Trinajstić information content (AvgIpc) is 2.58. The van der Waals surface area contributed by atoms with Gasteiger partial charge in [0.1, 0.15) is 4.64 Å². The molecule has 4 heteroatoms. The molecule has 0 radical (unpaired) electrons. The number of halogens is 1. The molecular formula is C13H15ClN2S. The highest BCUT2D eigenvalue weighted by Crippen LogP contribution is 2.16. The lowest BCUT2D eigenvalue weighted by Gasteiger charge is -2.04. The van der Waals surface area contributed by atoms with Crippen LogP contribution in [-0.4, -0.2) is 9.78 Å². The number of H-pyrrole nitrogens is 1. The van der Waals surface area contributed by atoms with Crippen molar-refractivity contribution in [3.8, 4) is 5.69 Å². The van der Waals surface area contributed by atoms with E-state index in [4.69, 9.17) is 23.8 Å².